The van der Waals surface area contributed by atoms with Crippen LogP contribution in [-0.4, -0.2) is 0 Å². The van der Waals surface area contributed by atoms with E-state index in [-0.39, 0.29) is 0 Å². The molecule has 328 valence electrons. The number of unbranched alkanes of at least 4 members (excludes halogenated alkanes) is 6. The lowest BCUT2D eigenvalue weighted by atomic mass is 9.92. The van der Waals surface area contributed by atoms with Crippen molar-refractivity contribution in [2.45, 2.75) is 131 Å². The lowest BCUT2D eigenvalue weighted by molar-refractivity contribution is 0.667. The number of hydrogen-bond donors (Lipinski definition) is 0. The molecule has 0 amide bonds. The van der Waals surface area contributed by atoms with Gasteiger partial charge in [-0.15, -0.1) is 0 Å². The second-order valence-electron chi connectivity index (χ2n) is 19.0. The van der Waals surface area contributed by atoms with Gasteiger partial charge in [-0.1, -0.05) is 165 Å². The molecule has 0 saturated heterocycles. The summed E-state index contributed by atoms with van der Waals surface area (Å²) in [5.74, 6) is 0.920. The lowest BCUT2D eigenvalue weighted by Crippen LogP contribution is -2.13. The highest BCUT2D eigenvalue weighted by molar-refractivity contribution is 6.24. The Hall–Kier alpha value is -5.86. The third kappa shape index (κ3) is 9.49. The van der Waals surface area contributed by atoms with Crippen LogP contribution in [0.1, 0.15) is 138 Å². The second kappa shape index (κ2) is 20.3. The molecule has 0 aliphatic heterocycles. The largest absolute Gasteiger partial charge is 0.310 e. The minimum atomic E-state index is 0.460. The van der Waals surface area contributed by atoms with Crippen LogP contribution in [0.15, 0.2) is 146 Å². The summed E-state index contributed by atoms with van der Waals surface area (Å²) in [5, 5.41) is 7.50. The second-order valence-corrected chi connectivity index (χ2v) is 19.0. The summed E-state index contributed by atoms with van der Waals surface area (Å²) in [6.45, 7) is 18.3. The van der Waals surface area contributed by atoms with E-state index < -0.39 is 0 Å². The minimum absolute atomic E-state index is 0.460. The third-order valence-electron chi connectivity index (χ3n) is 13.6. The molecule has 8 rings (SSSR count). The predicted octanol–water partition coefficient (Wildman–Crippen LogP) is 19.2. The van der Waals surface area contributed by atoms with Gasteiger partial charge < -0.3 is 9.80 Å². The SMILES string of the molecule is CCCCCCc1ccc(N(c2ccc(C(C)C)c(C)c2)c2cc3c4ccccc4c(N(c4ccc(CCCCCC)cc4)c4ccc(C(C)C)c(C)c4)cc3c3ccccc23)cc1. The Balaban J connectivity index is 1.34. The van der Waals surface area contributed by atoms with Crippen molar-refractivity contribution in [1.82, 2.24) is 0 Å². The maximum absolute atomic E-state index is 2.51. The molecular formula is C62H70N2. The van der Waals surface area contributed by atoms with Gasteiger partial charge in [-0.05, 0) is 167 Å². The van der Waals surface area contributed by atoms with Crippen molar-refractivity contribution < 1.29 is 0 Å². The van der Waals surface area contributed by atoms with Crippen LogP contribution in [0.25, 0.3) is 32.3 Å². The first-order valence-electron chi connectivity index (χ1n) is 24.5. The van der Waals surface area contributed by atoms with Crippen LogP contribution in [0.3, 0.4) is 0 Å². The molecule has 0 aliphatic rings. The maximum Gasteiger partial charge on any atom is 0.0546 e. The molecule has 0 bridgehead atoms. The van der Waals surface area contributed by atoms with Crippen LogP contribution in [0.4, 0.5) is 34.1 Å². The molecule has 0 saturated carbocycles. The van der Waals surface area contributed by atoms with E-state index >= 15 is 0 Å². The first-order chi connectivity index (χ1) is 31.2. The zero-order valence-corrected chi connectivity index (χ0v) is 40.0. The van der Waals surface area contributed by atoms with E-state index in [4.69, 9.17) is 0 Å². The highest BCUT2D eigenvalue weighted by Crippen LogP contribution is 2.48. The molecule has 0 unspecified atom stereocenters. The number of hydrogen-bond acceptors (Lipinski definition) is 2. The number of aryl methyl sites for hydroxylation is 4. The van der Waals surface area contributed by atoms with Gasteiger partial charge in [0.1, 0.15) is 0 Å². The monoisotopic (exact) mass is 843 g/mol. The number of benzene rings is 8. The quantitative estimate of drug-likeness (QED) is 0.0627. The summed E-state index contributed by atoms with van der Waals surface area (Å²) in [4.78, 5) is 5.02. The molecule has 8 aromatic rings. The van der Waals surface area contributed by atoms with Gasteiger partial charge in [0.25, 0.3) is 0 Å². The first kappa shape index (κ1) is 44.7. The Bertz CT molecular complexity index is 2630. The molecule has 0 heterocycles. The van der Waals surface area contributed by atoms with Crippen LogP contribution < -0.4 is 9.80 Å². The van der Waals surface area contributed by atoms with Gasteiger partial charge >= 0.3 is 0 Å². The van der Waals surface area contributed by atoms with E-state index in [1.54, 1.807) is 0 Å². The van der Waals surface area contributed by atoms with Gasteiger partial charge in [-0.3, -0.25) is 0 Å². The molecule has 0 aliphatic carbocycles. The van der Waals surface area contributed by atoms with Crippen molar-refractivity contribution >= 4 is 66.4 Å². The molecule has 2 heteroatoms. The Morgan fingerprint density at radius 1 is 0.359 bits per heavy atom. The summed E-state index contributed by atoms with van der Waals surface area (Å²) in [6.07, 6.45) is 12.4. The van der Waals surface area contributed by atoms with Crippen LogP contribution in [0.2, 0.25) is 0 Å². The molecule has 0 atom stereocenters. The highest BCUT2D eigenvalue weighted by Gasteiger charge is 2.23. The molecule has 0 aromatic heterocycles. The van der Waals surface area contributed by atoms with Gasteiger partial charge in [-0.25, -0.2) is 0 Å². The Morgan fingerprint density at radius 3 is 1.06 bits per heavy atom. The number of rotatable bonds is 18. The summed E-state index contributed by atoms with van der Waals surface area (Å²) >= 11 is 0. The number of fused-ring (bicyclic) bond motifs is 5. The van der Waals surface area contributed by atoms with E-state index in [9.17, 15) is 0 Å². The number of nitrogens with zero attached hydrogens (tertiary/aromatic N) is 2. The Morgan fingerprint density at radius 2 is 0.719 bits per heavy atom. The van der Waals surface area contributed by atoms with Crippen LogP contribution >= 0.6 is 0 Å². The fourth-order valence-corrected chi connectivity index (χ4v) is 10.2. The average Bonchev–Trinajstić information content (AvgIpc) is 3.30. The molecule has 0 spiro atoms. The molecule has 8 aromatic carbocycles. The van der Waals surface area contributed by atoms with Crippen molar-refractivity contribution in [1.29, 1.82) is 0 Å². The van der Waals surface area contributed by atoms with E-state index in [1.807, 2.05) is 0 Å². The van der Waals surface area contributed by atoms with Crippen molar-refractivity contribution in [3.05, 3.63) is 179 Å². The van der Waals surface area contributed by atoms with Gasteiger partial charge in [0.05, 0.1) is 11.4 Å². The van der Waals surface area contributed by atoms with Crippen LogP contribution in [0, 0.1) is 13.8 Å². The average molecular weight is 843 g/mol. The Labute approximate surface area is 385 Å². The predicted molar refractivity (Wildman–Crippen MR) is 282 cm³/mol. The molecule has 2 nitrogen and oxygen atoms in total. The van der Waals surface area contributed by atoms with Crippen LogP contribution in [-0.2, 0) is 12.8 Å². The van der Waals surface area contributed by atoms with E-state index in [2.05, 4.69) is 211 Å². The van der Waals surface area contributed by atoms with Gasteiger partial charge in [0, 0.05) is 33.5 Å². The normalized spacial score (nSPS) is 11.7. The van der Waals surface area contributed by atoms with E-state index in [1.165, 1.54) is 151 Å². The van der Waals surface area contributed by atoms with Crippen molar-refractivity contribution in [2.24, 2.45) is 0 Å². The smallest absolute Gasteiger partial charge is 0.0546 e. The molecule has 0 radical (unpaired) electrons. The van der Waals surface area contributed by atoms with Crippen molar-refractivity contribution in [3.8, 4) is 0 Å². The van der Waals surface area contributed by atoms with Gasteiger partial charge in [0.2, 0.25) is 0 Å². The fourth-order valence-electron chi connectivity index (χ4n) is 10.2. The topological polar surface area (TPSA) is 6.48 Å². The Kier molecular flexibility index (Phi) is 14.2. The van der Waals surface area contributed by atoms with Crippen LogP contribution in [0.5, 0.6) is 0 Å². The van der Waals surface area contributed by atoms with Gasteiger partial charge in [-0.2, -0.15) is 0 Å². The first-order valence-corrected chi connectivity index (χ1v) is 24.5. The molecule has 64 heavy (non-hydrogen) atoms. The fraction of sp³-hybridized carbons (Fsp3) is 0.323. The molecule has 0 fully saturated rings. The summed E-state index contributed by atoms with van der Waals surface area (Å²) in [6, 6.07) is 56.1. The summed E-state index contributed by atoms with van der Waals surface area (Å²) in [5.41, 5.74) is 15.4. The zero-order valence-electron chi connectivity index (χ0n) is 40.0. The van der Waals surface area contributed by atoms with E-state index in [0.29, 0.717) is 11.8 Å². The van der Waals surface area contributed by atoms with Crippen molar-refractivity contribution in [2.75, 3.05) is 9.80 Å². The maximum atomic E-state index is 2.51. The van der Waals surface area contributed by atoms with E-state index in [0.717, 1.165) is 12.8 Å². The zero-order chi connectivity index (χ0) is 44.7. The van der Waals surface area contributed by atoms with Crippen molar-refractivity contribution in [3.63, 3.8) is 0 Å². The lowest BCUT2D eigenvalue weighted by Gasteiger charge is -2.30. The third-order valence-corrected chi connectivity index (χ3v) is 13.6. The minimum Gasteiger partial charge on any atom is -0.310 e. The molecule has 0 N–H and O–H groups in total. The summed E-state index contributed by atoms with van der Waals surface area (Å²) in [7, 11) is 0. The van der Waals surface area contributed by atoms with Gasteiger partial charge in [0.15, 0.2) is 0 Å². The summed E-state index contributed by atoms with van der Waals surface area (Å²) < 4.78 is 0. The molecular weight excluding hydrogens is 773 g/mol. The highest BCUT2D eigenvalue weighted by atomic mass is 15.2. The standard InChI is InChI=1S/C62H70N2/c1-9-11-13-15-21-47-27-31-49(32-28-47)63(51-35-37-53(43(3)4)45(7)39-51)61-41-59-56-24-18-20-26-58(56)62(42-60(59)55-23-17-19-25-57(55)61)64(52-36-38-54(44(5)6)46(8)40-52)50-33-29-48(30-34-50)22-16-14-12-10-2/h17-20,23-44H,9-16,21-22H2,1-8H3. The number of anilines is 6.